The number of aliphatic imine (C=N–C) groups is 1. The van der Waals surface area contributed by atoms with Crippen molar-refractivity contribution >= 4 is 35.8 Å². The minimum atomic E-state index is -0.114. The molecule has 0 aliphatic rings. The second-order valence-electron chi connectivity index (χ2n) is 4.58. The van der Waals surface area contributed by atoms with E-state index in [0.29, 0.717) is 19.1 Å². The third kappa shape index (κ3) is 7.64. The molecule has 1 aromatic rings. The van der Waals surface area contributed by atoms with Gasteiger partial charge in [-0.05, 0) is 26.0 Å². The third-order valence-corrected chi connectivity index (χ3v) is 2.81. The number of carbonyl (C=O) groups is 1. The van der Waals surface area contributed by atoms with Crippen molar-refractivity contribution in [3.05, 3.63) is 23.7 Å². The SMILES string of the molecule is CN=C(NCC(=O)NCCOC)NC(C)c1ccc(C)o1.I. The molecule has 0 saturated heterocycles. The van der Waals surface area contributed by atoms with Gasteiger partial charge in [0.2, 0.25) is 5.91 Å². The minimum absolute atomic E-state index is 0. The van der Waals surface area contributed by atoms with Crippen LogP contribution in [0.25, 0.3) is 0 Å². The van der Waals surface area contributed by atoms with Gasteiger partial charge in [-0.1, -0.05) is 0 Å². The number of methoxy groups -OCH3 is 1. The van der Waals surface area contributed by atoms with Crippen LogP contribution in [0.3, 0.4) is 0 Å². The molecule has 1 amide bonds. The number of nitrogens with zero attached hydrogens (tertiary/aromatic N) is 1. The number of amides is 1. The number of furan rings is 1. The van der Waals surface area contributed by atoms with Gasteiger partial charge in [-0.3, -0.25) is 9.79 Å². The van der Waals surface area contributed by atoms with Gasteiger partial charge < -0.3 is 25.1 Å². The fourth-order valence-corrected chi connectivity index (χ4v) is 1.68. The number of nitrogens with one attached hydrogen (secondary N) is 3. The number of hydrogen-bond acceptors (Lipinski definition) is 4. The largest absolute Gasteiger partial charge is 0.464 e. The van der Waals surface area contributed by atoms with Crippen LogP contribution in [0.2, 0.25) is 0 Å². The lowest BCUT2D eigenvalue weighted by atomic mass is 10.2. The zero-order chi connectivity index (χ0) is 15.7. The number of carbonyl (C=O) groups excluding carboxylic acids is 1. The average Bonchev–Trinajstić information content (AvgIpc) is 2.90. The Hall–Kier alpha value is -1.29. The molecule has 1 unspecified atom stereocenters. The maximum atomic E-state index is 11.6. The van der Waals surface area contributed by atoms with Crippen molar-refractivity contribution in [1.29, 1.82) is 0 Å². The maximum Gasteiger partial charge on any atom is 0.239 e. The number of ether oxygens (including phenoxy) is 1. The molecule has 0 spiro atoms. The van der Waals surface area contributed by atoms with Crippen LogP contribution in [0.5, 0.6) is 0 Å². The Morgan fingerprint density at radius 2 is 2.14 bits per heavy atom. The second kappa shape index (κ2) is 11.3. The third-order valence-electron chi connectivity index (χ3n) is 2.81. The Morgan fingerprint density at radius 1 is 1.41 bits per heavy atom. The van der Waals surface area contributed by atoms with E-state index >= 15 is 0 Å². The Labute approximate surface area is 148 Å². The standard InChI is InChI=1S/C14H24N4O3.HI/c1-10-5-6-12(21-10)11(2)18-14(15-3)17-9-13(19)16-7-8-20-4;/h5-6,11H,7-9H2,1-4H3,(H,16,19)(H2,15,17,18);1H. The summed E-state index contributed by atoms with van der Waals surface area (Å²) in [5, 5.41) is 8.83. The van der Waals surface area contributed by atoms with Crippen LogP contribution in [0.1, 0.15) is 24.5 Å². The van der Waals surface area contributed by atoms with E-state index in [-0.39, 0.29) is 42.5 Å². The highest BCUT2D eigenvalue weighted by molar-refractivity contribution is 14.0. The second-order valence-corrected chi connectivity index (χ2v) is 4.58. The quantitative estimate of drug-likeness (QED) is 0.265. The molecule has 126 valence electrons. The van der Waals surface area contributed by atoms with Crippen LogP contribution < -0.4 is 16.0 Å². The van der Waals surface area contributed by atoms with Crippen LogP contribution in [-0.2, 0) is 9.53 Å². The van der Waals surface area contributed by atoms with Crippen molar-refractivity contribution in [1.82, 2.24) is 16.0 Å². The Balaban J connectivity index is 0.00000441. The summed E-state index contributed by atoms with van der Waals surface area (Å²) >= 11 is 0. The molecule has 7 nitrogen and oxygen atoms in total. The lowest BCUT2D eigenvalue weighted by Gasteiger charge is -2.16. The van der Waals surface area contributed by atoms with Crippen LogP contribution in [0, 0.1) is 6.92 Å². The van der Waals surface area contributed by atoms with Crippen molar-refractivity contribution in [2.75, 3.05) is 33.9 Å². The highest BCUT2D eigenvalue weighted by atomic mass is 127. The van der Waals surface area contributed by atoms with Gasteiger partial charge in [0.15, 0.2) is 5.96 Å². The molecule has 0 aromatic carbocycles. The summed E-state index contributed by atoms with van der Waals surface area (Å²) in [5.41, 5.74) is 0. The summed E-state index contributed by atoms with van der Waals surface area (Å²) in [6, 6.07) is 3.78. The normalized spacial score (nSPS) is 12.3. The topological polar surface area (TPSA) is 87.9 Å². The monoisotopic (exact) mass is 424 g/mol. The molecule has 3 N–H and O–H groups in total. The minimum Gasteiger partial charge on any atom is -0.464 e. The molecule has 1 atom stereocenters. The molecule has 0 aliphatic heterocycles. The first-order valence-electron chi connectivity index (χ1n) is 6.86. The van der Waals surface area contributed by atoms with E-state index in [1.807, 2.05) is 26.0 Å². The van der Waals surface area contributed by atoms with Crippen molar-refractivity contribution in [2.45, 2.75) is 19.9 Å². The Morgan fingerprint density at radius 3 is 2.68 bits per heavy atom. The average molecular weight is 424 g/mol. The molecule has 0 fully saturated rings. The number of halogens is 1. The Kier molecular flexibility index (Phi) is 10.6. The van der Waals surface area contributed by atoms with Gasteiger partial charge in [-0.25, -0.2) is 0 Å². The molecule has 0 saturated carbocycles. The number of rotatable bonds is 7. The predicted molar refractivity (Wildman–Crippen MR) is 96.7 cm³/mol. The maximum absolute atomic E-state index is 11.6. The molecule has 0 bridgehead atoms. The van der Waals surface area contributed by atoms with Gasteiger partial charge >= 0.3 is 0 Å². The van der Waals surface area contributed by atoms with Crippen LogP contribution in [-0.4, -0.2) is 45.7 Å². The highest BCUT2D eigenvalue weighted by Gasteiger charge is 2.11. The molecule has 0 aliphatic carbocycles. The van der Waals surface area contributed by atoms with Gasteiger partial charge in [0.1, 0.15) is 11.5 Å². The number of guanidine groups is 1. The number of hydrogen-bond donors (Lipinski definition) is 3. The van der Waals surface area contributed by atoms with Crippen molar-refractivity contribution in [3.63, 3.8) is 0 Å². The summed E-state index contributed by atoms with van der Waals surface area (Å²) in [6.45, 7) is 4.99. The molecule has 8 heteroatoms. The fourth-order valence-electron chi connectivity index (χ4n) is 1.68. The number of aryl methyl sites for hydroxylation is 1. The summed E-state index contributed by atoms with van der Waals surface area (Å²) in [6.07, 6.45) is 0. The smallest absolute Gasteiger partial charge is 0.239 e. The zero-order valence-electron chi connectivity index (χ0n) is 13.4. The summed E-state index contributed by atoms with van der Waals surface area (Å²) < 4.78 is 10.4. The molecule has 1 rings (SSSR count). The van der Waals surface area contributed by atoms with Crippen molar-refractivity contribution in [2.24, 2.45) is 4.99 Å². The van der Waals surface area contributed by atoms with Gasteiger partial charge in [0, 0.05) is 20.7 Å². The van der Waals surface area contributed by atoms with Crippen molar-refractivity contribution in [3.8, 4) is 0 Å². The first-order chi connectivity index (χ1) is 10.1. The van der Waals surface area contributed by atoms with Crippen LogP contribution in [0.4, 0.5) is 0 Å². The molecule has 1 heterocycles. The summed E-state index contributed by atoms with van der Waals surface area (Å²) in [7, 11) is 3.24. The van der Waals surface area contributed by atoms with Crippen LogP contribution in [0.15, 0.2) is 21.5 Å². The van der Waals surface area contributed by atoms with E-state index in [0.717, 1.165) is 11.5 Å². The van der Waals surface area contributed by atoms with Crippen molar-refractivity contribution < 1.29 is 13.9 Å². The fraction of sp³-hybridized carbons (Fsp3) is 0.571. The molecular formula is C14H25IN4O3. The van der Waals surface area contributed by atoms with Gasteiger partial charge in [0.25, 0.3) is 0 Å². The molecule has 1 aromatic heterocycles. The zero-order valence-corrected chi connectivity index (χ0v) is 15.8. The molecular weight excluding hydrogens is 399 g/mol. The van der Waals surface area contributed by atoms with E-state index in [1.54, 1.807) is 14.2 Å². The van der Waals surface area contributed by atoms with E-state index in [1.165, 1.54) is 0 Å². The van der Waals surface area contributed by atoms with E-state index in [4.69, 9.17) is 9.15 Å². The lowest BCUT2D eigenvalue weighted by Crippen LogP contribution is -2.44. The lowest BCUT2D eigenvalue weighted by molar-refractivity contribution is -0.120. The summed E-state index contributed by atoms with van der Waals surface area (Å²) in [5.74, 6) is 2.11. The first kappa shape index (κ1) is 20.7. The van der Waals surface area contributed by atoms with E-state index < -0.39 is 0 Å². The van der Waals surface area contributed by atoms with Gasteiger partial charge in [-0.15, -0.1) is 24.0 Å². The van der Waals surface area contributed by atoms with E-state index in [2.05, 4.69) is 20.9 Å². The van der Waals surface area contributed by atoms with Crippen LogP contribution >= 0.6 is 24.0 Å². The molecule has 22 heavy (non-hydrogen) atoms. The predicted octanol–water partition coefficient (Wildman–Crippen LogP) is 1.19. The van der Waals surface area contributed by atoms with Gasteiger partial charge in [-0.2, -0.15) is 0 Å². The first-order valence-corrected chi connectivity index (χ1v) is 6.86. The summed E-state index contributed by atoms with van der Waals surface area (Å²) in [4.78, 5) is 15.6. The highest BCUT2D eigenvalue weighted by Crippen LogP contribution is 2.15. The van der Waals surface area contributed by atoms with Gasteiger partial charge in [0.05, 0.1) is 19.2 Å². The Bertz CT molecular complexity index is 476. The molecule has 0 radical (unpaired) electrons. The van der Waals surface area contributed by atoms with E-state index in [9.17, 15) is 4.79 Å².